The maximum absolute atomic E-state index is 14.3. The highest BCUT2D eigenvalue weighted by Gasteiger charge is 2.32. The lowest BCUT2D eigenvalue weighted by molar-refractivity contribution is -0.138. The van der Waals surface area contributed by atoms with E-state index in [4.69, 9.17) is 9.47 Å². The van der Waals surface area contributed by atoms with Crippen molar-refractivity contribution in [2.75, 3.05) is 13.2 Å². The van der Waals surface area contributed by atoms with Crippen LogP contribution in [0.25, 0.3) is 10.9 Å². The van der Waals surface area contributed by atoms with Gasteiger partial charge in [-0.05, 0) is 87.9 Å². The number of hydrogen-bond donors (Lipinski definition) is 9. The number of benzene rings is 3. The Morgan fingerprint density at radius 2 is 1.25 bits per heavy atom. The van der Waals surface area contributed by atoms with E-state index in [1.54, 1.807) is 39.1 Å². The Hall–Kier alpha value is -7.00. The first-order valence-electron chi connectivity index (χ1n) is 24.1. The van der Waals surface area contributed by atoms with Crippen LogP contribution in [0.4, 0.5) is 4.79 Å². The van der Waals surface area contributed by atoms with Crippen LogP contribution in [-0.4, -0.2) is 114 Å². The number of carbonyl (C=O) groups excluding carboxylic acids is 6. The van der Waals surface area contributed by atoms with Crippen LogP contribution in [0, 0.1) is 0 Å². The number of fused-ring (bicyclic) bond motifs is 1. The summed E-state index contributed by atoms with van der Waals surface area (Å²) in [5.74, 6) is -4.05. The number of aromatic nitrogens is 1. The number of hydrogen-bond acceptors (Lipinski definition) is 11. The lowest BCUT2D eigenvalue weighted by atomic mass is 10.0. The van der Waals surface area contributed by atoms with Gasteiger partial charge in [0.1, 0.15) is 35.5 Å². The molecule has 0 aliphatic heterocycles. The molecule has 0 unspecified atom stereocenters. The predicted molar refractivity (Wildman–Crippen MR) is 268 cm³/mol. The first-order valence-corrected chi connectivity index (χ1v) is 25.6. The van der Waals surface area contributed by atoms with Crippen LogP contribution in [-0.2, 0) is 56.5 Å². The van der Waals surface area contributed by atoms with Crippen molar-refractivity contribution in [1.82, 2.24) is 36.9 Å². The van der Waals surface area contributed by atoms with Gasteiger partial charge in [0, 0.05) is 36.0 Å². The number of para-hydroxylation sites is 2. The van der Waals surface area contributed by atoms with E-state index in [0.717, 1.165) is 23.0 Å². The summed E-state index contributed by atoms with van der Waals surface area (Å²) >= 11 is 0. The summed E-state index contributed by atoms with van der Waals surface area (Å²) in [5, 5.41) is 26.5. The molecule has 3 aromatic carbocycles. The summed E-state index contributed by atoms with van der Waals surface area (Å²) in [5.41, 5.74) is 0.925. The van der Waals surface area contributed by atoms with Gasteiger partial charge in [0.05, 0.1) is 24.5 Å². The molecule has 6 amide bonds. The fraction of sp³-hybridized carbons (Fsp3) is 0.471. The number of carbonyl (C=O) groups is 7. The zero-order valence-electron chi connectivity index (χ0n) is 41.5. The molecule has 9 N–H and O–H groups in total. The van der Waals surface area contributed by atoms with Crippen LogP contribution in [0.3, 0.4) is 0 Å². The standard InChI is InChI=1S/C51H69N7O13S/c1-6-8-20-40(56-48(64)42(58-50(66)71-51(3,4)5)28-33-23-25-37(26-24-33)72(67,68)69)46(62)53-32-44(59)55-43(29-34-31-52-39-22-14-13-19-38(34)39)49(65)57-41(21-9-7-2)47(63)54-35(30-45(60)61)16-15-27-70-36-17-11-10-12-18-36/h10-14,17-19,22-26,31,35,40-43,52H,6-9,15-16,20-21,27-30,32H2,1-5H3,(H,53,62)(H,54,63)(H,55,59)(H,56,64)(H,57,65)(H,58,66)(H,60,61)(H,67,68,69)/t35-,40-,41-,42-,43+/m0/s1. The summed E-state index contributed by atoms with van der Waals surface area (Å²) < 4.78 is 43.8. The second kappa shape index (κ2) is 28.1. The van der Waals surface area contributed by atoms with E-state index in [9.17, 15) is 51.6 Å². The van der Waals surface area contributed by atoms with Crippen molar-refractivity contribution in [3.05, 3.63) is 96.2 Å². The Balaban J connectivity index is 1.49. The van der Waals surface area contributed by atoms with Gasteiger partial charge in [0.2, 0.25) is 29.5 Å². The number of carboxylic acid groups (broad SMARTS) is 1. The quantitative estimate of drug-likeness (QED) is 0.0260. The molecule has 21 heteroatoms. The van der Waals surface area contributed by atoms with Crippen LogP contribution < -0.4 is 36.6 Å². The van der Waals surface area contributed by atoms with Gasteiger partial charge < -0.3 is 51.5 Å². The Kier molecular flexibility index (Phi) is 22.5. The van der Waals surface area contributed by atoms with E-state index >= 15 is 0 Å². The number of aliphatic carboxylic acids is 1. The first kappa shape index (κ1) is 57.6. The van der Waals surface area contributed by atoms with Gasteiger partial charge in [0.15, 0.2) is 0 Å². The zero-order valence-corrected chi connectivity index (χ0v) is 42.3. The minimum Gasteiger partial charge on any atom is -0.494 e. The molecule has 392 valence electrons. The number of carboxylic acids is 1. The third-order valence-electron chi connectivity index (χ3n) is 11.3. The molecule has 1 aromatic heterocycles. The molecule has 0 aliphatic rings. The molecule has 72 heavy (non-hydrogen) atoms. The number of amides is 6. The van der Waals surface area contributed by atoms with Gasteiger partial charge in [-0.15, -0.1) is 0 Å². The number of rotatable bonds is 29. The number of aromatic amines is 1. The summed E-state index contributed by atoms with van der Waals surface area (Å²) in [7, 11) is -4.50. The van der Waals surface area contributed by atoms with Crippen molar-refractivity contribution in [3.8, 4) is 5.75 Å². The monoisotopic (exact) mass is 1020 g/mol. The average molecular weight is 1020 g/mol. The Morgan fingerprint density at radius 1 is 0.667 bits per heavy atom. The highest BCUT2D eigenvalue weighted by molar-refractivity contribution is 7.85. The highest BCUT2D eigenvalue weighted by atomic mass is 32.2. The van der Waals surface area contributed by atoms with E-state index in [1.807, 2.05) is 56.3 Å². The summed E-state index contributed by atoms with van der Waals surface area (Å²) in [6.07, 6.45) is 3.61. The number of nitrogens with one attached hydrogen (secondary N) is 7. The molecule has 0 aliphatic carbocycles. The summed E-state index contributed by atoms with van der Waals surface area (Å²) in [4.78, 5) is 97.1. The Morgan fingerprint density at radius 3 is 1.85 bits per heavy atom. The zero-order chi connectivity index (χ0) is 52.8. The average Bonchev–Trinajstić information content (AvgIpc) is 3.73. The van der Waals surface area contributed by atoms with Gasteiger partial charge in [0.25, 0.3) is 10.1 Å². The van der Waals surface area contributed by atoms with Crippen molar-refractivity contribution in [2.45, 2.75) is 146 Å². The van der Waals surface area contributed by atoms with Crippen molar-refractivity contribution in [3.63, 3.8) is 0 Å². The molecule has 4 rings (SSSR count). The molecule has 5 atom stereocenters. The molecule has 0 radical (unpaired) electrons. The lowest BCUT2D eigenvalue weighted by Crippen LogP contribution is -2.57. The summed E-state index contributed by atoms with van der Waals surface area (Å²) in [6, 6.07) is 15.8. The molecule has 0 saturated carbocycles. The maximum Gasteiger partial charge on any atom is 0.408 e. The molecule has 0 bridgehead atoms. The Bertz CT molecular complexity index is 2550. The van der Waals surface area contributed by atoms with Gasteiger partial charge in [-0.1, -0.05) is 88.1 Å². The van der Waals surface area contributed by atoms with E-state index < -0.39 is 94.1 Å². The molecule has 0 spiro atoms. The molecule has 4 aromatic rings. The smallest absolute Gasteiger partial charge is 0.408 e. The molecule has 0 fully saturated rings. The SMILES string of the molecule is CCCC[C@H](NC(=O)[C@H](Cc1ccc(S(=O)(=O)O)cc1)NC(=O)OC(C)(C)C)C(=O)NCC(=O)N[C@H](Cc1c[nH]c2ccccc12)C(=O)N[C@@H](CCCC)C(=O)N[C@@H](CCCOc1ccccc1)CC(=O)O. The van der Waals surface area contributed by atoms with Gasteiger partial charge in [-0.2, -0.15) is 8.42 Å². The fourth-order valence-corrected chi connectivity index (χ4v) is 8.11. The summed E-state index contributed by atoms with van der Waals surface area (Å²) in [6.45, 7) is 8.34. The second-order valence-corrected chi connectivity index (χ2v) is 19.9. The third-order valence-corrected chi connectivity index (χ3v) is 12.1. The van der Waals surface area contributed by atoms with Gasteiger partial charge in [-0.3, -0.25) is 33.3 Å². The number of ether oxygens (including phenoxy) is 2. The van der Waals surface area contributed by atoms with Gasteiger partial charge >= 0.3 is 12.1 Å². The predicted octanol–water partition coefficient (Wildman–Crippen LogP) is 4.86. The van der Waals surface area contributed by atoms with Crippen molar-refractivity contribution in [1.29, 1.82) is 0 Å². The van der Waals surface area contributed by atoms with E-state index in [0.29, 0.717) is 49.0 Å². The molecule has 1 heterocycles. The number of H-pyrrole nitrogens is 1. The van der Waals surface area contributed by atoms with Crippen molar-refractivity contribution < 1.29 is 61.1 Å². The first-order chi connectivity index (χ1) is 34.1. The second-order valence-electron chi connectivity index (χ2n) is 18.4. The number of unbranched alkanes of at least 4 members (excludes halogenated alkanes) is 2. The topological polar surface area (TPSA) is 301 Å². The fourth-order valence-electron chi connectivity index (χ4n) is 7.63. The van der Waals surface area contributed by atoms with E-state index in [2.05, 4.69) is 36.9 Å². The minimum atomic E-state index is -4.50. The third kappa shape index (κ3) is 20.0. The largest absolute Gasteiger partial charge is 0.494 e. The van der Waals surface area contributed by atoms with E-state index in [1.165, 1.54) is 12.1 Å². The van der Waals surface area contributed by atoms with E-state index in [-0.39, 0.29) is 50.0 Å². The molecular weight excluding hydrogens is 951 g/mol. The molecule has 20 nitrogen and oxygen atoms in total. The van der Waals surface area contributed by atoms with Crippen LogP contribution >= 0.6 is 0 Å². The van der Waals surface area contributed by atoms with Crippen LogP contribution in [0.2, 0.25) is 0 Å². The maximum atomic E-state index is 14.3. The van der Waals surface area contributed by atoms with Crippen LogP contribution in [0.15, 0.2) is 90.0 Å². The van der Waals surface area contributed by atoms with Crippen molar-refractivity contribution in [2.24, 2.45) is 0 Å². The van der Waals surface area contributed by atoms with Crippen LogP contribution in [0.1, 0.15) is 104 Å². The normalized spacial score (nSPS) is 13.6. The minimum absolute atomic E-state index is 0.0273. The van der Waals surface area contributed by atoms with Crippen LogP contribution in [0.5, 0.6) is 5.75 Å². The molecule has 0 saturated heterocycles. The highest BCUT2D eigenvalue weighted by Crippen LogP contribution is 2.20. The number of alkyl carbamates (subject to hydrolysis) is 1. The molecular formula is C51H69N7O13S. The Labute approximate surface area is 420 Å². The lowest BCUT2D eigenvalue weighted by Gasteiger charge is -2.26. The van der Waals surface area contributed by atoms with Crippen molar-refractivity contribution >= 4 is 62.6 Å². The van der Waals surface area contributed by atoms with Gasteiger partial charge in [-0.25, -0.2) is 4.79 Å².